The van der Waals surface area contributed by atoms with Crippen LogP contribution in [0, 0.1) is 0 Å². The quantitative estimate of drug-likeness (QED) is 0.0196. The SMILES string of the molecule is COCCOCCOCCOc1cc(-c2cccc3cc4ccc5ccc6cc7ccc8ccc9cc%10cccc(-c%11cc(OCCOCCOCCOC)c(OCCOCCOCCOC)c(OCCOCCOCCOC)c%11)c%10cc9c8c7cc6c5c4cc23)cc(OCCOCCOCCOC)c1OCCOCCOCCOC. The first-order valence-electron chi connectivity index (χ1n) is 40.0. The van der Waals surface area contributed by atoms with Crippen LogP contribution in [-0.4, -0.2) is 281 Å². The van der Waals surface area contributed by atoms with E-state index < -0.39 is 0 Å². The maximum absolute atomic E-state index is 6.68. The Hall–Kier alpha value is -8.42. The normalized spacial score (nSPS) is 11.8. The summed E-state index contributed by atoms with van der Waals surface area (Å²) in [7, 11) is 9.89. The Morgan fingerprint density at radius 1 is 0.172 bits per heavy atom. The van der Waals surface area contributed by atoms with Gasteiger partial charge in [0.1, 0.15) is 39.6 Å². The average Bonchev–Trinajstić information content (AvgIpc) is 0.720. The van der Waals surface area contributed by atoms with Crippen LogP contribution >= 0.6 is 0 Å². The molecule has 0 aliphatic carbocycles. The van der Waals surface area contributed by atoms with Gasteiger partial charge in [0.2, 0.25) is 11.5 Å². The molecule has 0 atom stereocenters. The Labute approximate surface area is 679 Å². The minimum atomic E-state index is 0.208. The van der Waals surface area contributed by atoms with Gasteiger partial charge in [-0.15, -0.1) is 0 Å². The van der Waals surface area contributed by atoms with Gasteiger partial charge in [0.25, 0.3) is 0 Å². The molecular formula is C92H114O24. The molecule has 24 heteroatoms. The van der Waals surface area contributed by atoms with Gasteiger partial charge < -0.3 is 114 Å². The summed E-state index contributed by atoms with van der Waals surface area (Å²) in [5, 5.41) is 17.7. The van der Waals surface area contributed by atoms with Crippen molar-refractivity contribution < 1.29 is 114 Å². The second-order valence-electron chi connectivity index (χ2n) is 27.0. The van der Waals surface area contributed by atoms with Crippen LogP contribution < -0.4 is 28.4 Å². The summed E-state index contributed by atoms with van der Waals surface area (Å²) >= 11 is 0. The number of hydrogen-bond donors (Lipinski definition) is 0. The van der Waals surface area contributed by atoms with Gasteiger partial charge in [-0.3, -0.25) is 0 Å². The van der Waals surface area contributed by atoms with Crippen LogP contribution in [0.4, 0.5) is 0 Å². The summed E-state index contributed by atoms with van der Waals surface area (Å²) in [4.78, 5) is 0. The molecule has 0 fully saturated rings. The molecule has 0 bridgehead atoms. The highest BCUT2D eigenvalue weighted by atomic mass is 16.6. The zero-order valence-electron chi connectivity index (χ0n) is 68.1. The molecule has 0 saturated heterocycles. The summed E-state index contributed by atoms with van der Waals surface area (Å²) in [5.41, 5.74) is 3.66. The highest BCUT2D eigenvalue weighted by Gasteiger charge is 2.23. The third-order valence-electron chi connectivity index (χ3n) is 19.1. The minimum Gasteiger partial charge on any atom is -0.487 e. The number of hydrogen-bond acceptors (Lipinski definition) is 24. The van der Waals surface area contributed by atoms with E-state index in [9.17, 15) is 0 Å². The Morgan fingerprint density at radius 2 is 0.371 bits per heavy atom. The standard InChI is InChI=1S/C92H114O24/c1-93-21-27-99-33-39-105-45-51-111-85-60-75(61-86(112-52-46-106-40-34-100-28-22-94-2)91(85)115-55-49-109-43-37-103-31-25-97-5)77-11-7-9-69-57-71-17-13-67-15-19-73-59-74-20-16-68-14-18-72-58-70-10-8-12-78(80(70)65-82(72)90(68)84(74)66-83(73)89(67)81(71)64-79(69)77)76-62-87(113-53-47-107-41-35-101-29-23-95-3)92(116-56-50-110-44-38-104-32-26-98-6)88(63-76)114-54-48-108-42-36-102-30-24-96-4/h7-20,57-66H,21-56H2,1-6H3. The molecule has 116 heavy (non-hydrogen) atoms. The van der Waals surface area contributed by atoms with E-state index in [1.54, 1.807) is 42.7 Å². The minimum absolute atomic E-state index is 0.208. The third-order valence-corrected chi connectivity index (χ3v) is 19.1. The summed E-state index contributed by atoms with van der Waals surface area (Å²) in [6.07, 6.45) is 0. The summed E-state index contributed by atoms with van der Waals surface area (Å²) < 4.78 is 141. The van der Waals surface area contributed by atoms with Crippen molar-refractivity contribution in [3.8, 4) is 56.8 Å². The van der Waals surface area contributed by atoms with E-state index in [0.717, 1.165) is 108 Å². The molecule has 0 N–H and O–H groups in total. The fraction of sp³-hybridized carbons (Fsp3) is 0.457. The predicted octanol–water partition coefficient (Wildman–Crippen LogP) is 14.6. The molecule has 0 heterocycles. The lowest BCUT2D eigenvalue weighted by Crippen LogP contribution is -2.15. The molecule has 626 valence electrons. The smallest absolute Gasteiger partial charge is 0.203 e. The Kier molecular flexibility index (Phi) is 38.4. The Bertz CT molecular complexity index is 4360. The second-order valence-corrected chi connectivity index (χ2v) is 27.0. The lowest BCUT2D eigenvalue weighted by Gasteiger charge is -2.20. The fourth-order valence-electron chi connectivity index (χ4n) is 13.5. The number of rotatable bonds is 62. The Morgan fingerprint density at radius 3 is 0.612 bits per heavy atom. The van der Waals surface area contributed by atoms with Crippen LogP contribution in [0.5, 0.6) is 34.5 Å². The van der Waals surface area contributed by atoms with Gasteiger partial charge in [-0.1, -0.05) is 84.9 Å². The van der Waals surface area contributed by atoms with Gasteiger partial charge in [0.15, 0.2) is 23.0 Å². The van der Waals surface area contributed by atoms with Gasteiger partial charge >= 0.3 is 0 Å². The molecule has 11 rings (SSSR count). The zero-order chi connectivity index (χ0) is 80.4. The molecule has 11 aromatic rings. The van der Waals surface area contributed by atoms with Gasteiger partial charge in [-0.05, 0) is 169 Å². The molecule has 0 amide bonds. The molecule has 24 nitrogen and oxygen atoms in total. The number of ether oxygens (including phenoxy) is 24. The first-order valence-corrected chi connectivity index (χ1v) is 40.0. The van der Waals surface area contributed by atoms with E-state index in [1.165, 1.54) is 0 Å². The fourth-order valence-corrected chi connectivity index (χ4v) is 13.5. The van der Waals surface area contributed by atoms with Crippen molar-refractivity contribution in [2.45, 2.75) is 0 Å². The highest BCUT2D eigenvalue weighted by molar-refractivity contribution is 6.29. The maximum Gasteiger partial charge on any atom is 0.203 e. The number of benzene rings is 11. The molecule has 0 saturated carbocycles. The first kappa shape index (κ1) is 88.4. The summed E-state index contributed by atoms with van der Waals surface area (Å²) in [6.45, 7) is 13.8. The van der Waals surface area contributed by atoms with Crippen molar-refractivity contribution in [2.75, 3.05) is 281 Å². The van der Waals surface area contributed by atoms with Crippen LogP contribution in [0.1, 0.15) is 0 Å². The second kappa shape index (κ2) is 50.4. The molecule has 0 aromatic heterocycles. The zero-order valence-corrected chi connectivity index (χ0v) is 68.1. The van der Waals surface area contributed by atoms with Gasteiger partial charge in [-0.2, -0.15) is 0 Å². The van der Waals surface area contributed by atoms with Crippen molar-refractivity contribution in [3.63, 3.8) is 0 Å². The lowest BCUT2D eigenvalue weighted by atomic mass is 9.89. The molecule has 0 radical (unpaired) electrons. The average molecular weight is 1600 g/mol. The van der Waals surface area contributed by atoms with Crippen molar-refractivity contribution in [2.24, 2.45) is 0 Å². The van der Waals surface area contributed by atoms with Crippen LogP contribution in [0.2, 0.25) is 0 Å². The molecule has 0 spiro atoms. The molecule has 0 unspecified atom stereocenters. The largest absolute Gasteiger partial charge is 0.487 e. The van der Waals surface area contributed by atoms with E-state index in [0.29, 0.717) is 233 Å². The van der Waals surface area contributed by atoms with Crippen LogP contribution in [0.25, 0.3) is 108 Å². The van der Waals surface area contributed by atoms with Gasteiger partial charge in [-0.25, -0.2) is 0 Å². The van der Waals surface area contributed by atoms with Gasteiger partial charge in [0.05, 0.1) is 198 Å². The maximum atomic E-state index is 6.68. The topological polar surface area (TPSA) is 222 Å². The van der Waals surface area contributed by atoms with E-state index in [2.05, 4.69) is 121 Å². The first-order chi connectivity index (χ1) is 57.4. The van der Waals surface area contributed by atoms with E-state index in [4.69, 9.17) is 114 Å². The van der Waals surface area contributed by atoms with Crippen LogP contribution in [0.15, 0.2) is 146 Å². The Balaban J connectivity index is 0.979. The predicted molar refractivity (Wildman–Crippen MR) is 451 cm³/mol. The molecule has 0 aliphatic rings. The van der Waals surface area contributed by atoms with E-state index in [-0.39, 0.29) is 39.6 Å². The van der Waals surface area contributed by atoms with E-state index >= 15 is 0 Å². The van der Waals surface area contributed by atoms with Crippen LogP contribution in [-0.2, 0) is 85.3 Å². The van der Waals surface area contributed by atoms with Crippen LogP contribution in [0.3, 0.4) is 0 Å². The van der Waals surface area contributed by atoms with Gasteiger partial charge in [0, 0.05) is 42.7 Å². The molecular weight excluding hydrogens is 1490 g/mol. The van der Waals surface area contributed by atoms with Crippen molar-refractivity contribution in [3.05, 3.63) is 146 Å². The summed E-state index contributed by atoms with van der Waals surface area (Å²) in [5.74, 6) is 2.78. The number of fused-ring (bicyclic) bond motifs is 12. The third kappa shape index (κ3) is 26.3. The van der Waals surface area contributed by atoms with Crippen molar-refractivity contribution >= 4 is 86.2 Å². The van der Waals surface area contributed by atoms with E-state index in [1.807, 2.05) is 24.3 Å². The summed E-state index contributed by atoms with van der Waals surface area (Å²) in [6, 6.07) is 52.9. The molecule has 11 aromatic carbocycles. The van der Waals surface area contributed by atoms with Crippen molar-refractivity contribution in [1.29, 1.82) is 0 Å². The number of methoxy groups -OCH3 is 6. The molecule has 0 aliphatic heterocycles. The monoisotopic (exact) mass is 1600 g/mol. The van der Waals surface area contributed by atoms with Crippen molar-refractivity contribution in [1.82, 2.24) is 0 Å². The highest BCUT2D eigenvalue weighted by Crippen LogP contribution is 2.48. The lowest BCUT2D eigenvalue weighted by molar-refractivity contribution is 0.0146.